The molecule has 5 heteroatoms. The van der Waals surface area contributed by atoms with Gasteiger partial charge in [-0.05, 0) is 13.0 Å². The minimum atomic E-state index is -0.301. The highest BCUT2D eigenvalue weighted by molar-refractivity contribution is 5.36. The van der Waals surface area contributed by atoms with Crippen LogP contribution in [0.5, 0.6) is 5.75 Å². The van der Waals surface area contributed by atoms with Crippen molar-refractivity contribution in [2.45, 2.75) is 19.4 Å². The summed E-state index contributed by atoms with van der Waals surface area (Å²) in [4.78, 5) is 18.6. The second-order valence-electron chi connectivity index (χ2n) is 4.40. The number of hydrogen-bond donors (Lipinski definition) is 2. The number of benzene rings is 1. The molecule has 0 bridgehead atoms. The summed E-state index contributed by atoms with van der Waals surface area (Å²) in [6.45, 7) is 1.78. The first kappa shape index (κ1) is 13.3. The van der Waals surface area contributed by atoms with Crippen LogP contribution >= 0.6 is 0 Å². The monoisotopic (exact) mass is 259 g/mol. The number of methoxy groups -OCH3 is 1. The smallest absolute Gasteiger partial charge is 0.251 e. The van der Waals surface area contributed by atoms with Crippen molar-refractivity contribution in [2.24, 2.45) is 5.73 Å². The lowest BCUT2D eigenvalue weighted by atomic mass is 10.1. The zero-order chi connectivity index (χ0) is 13.8. The Labute approximate surface area is 111 Å². The van der Waals surface area contributed by atoms with Gasteiger partial charge < -0.3 is 15.5 Å². The zero-order valence-corrected chi connectivity index (χ0v) is 11.0. The van der Waals surface area contributed by atoms with Crippen LogP contribution in [-0.4, -0.2) is 17.1 Å². The normalized spacial score (nSPS) is 12.2. The standard InChI is InChI=1S/C14H17N3O2/c1-9(15)14-16-11(8-13(18)17-14)7-10-5-3-4-6-12(10)19-2/h3-6,8-9H,7,15H2,1-2H3,(H,16,17,18). The van der Waals surface area contributed by atoms with Crippen LogP contribution in [0.25, 0.3) is 0 Å². The predicted octanol–water partition coefficient (Wildman–Crippen LogP) is 1.39. The molecule has 19 heavy (non-hydrogen) atoms. The lowest BCUT2D eigenvalue weighted by molar-refractivity contribution is 0.410. The molecule has 0 radical (unpaired) electrons. The van der Waals surface area contributed by atoms with Gasteiger partial charge in [0.15, 0.2) is 0 Å². The molecule has 1 unspecified atom stereocenters. The predicted molar refractivity (Wildman–Crippen MR) is 73.3 cm³/mol. The lowest BCUT2D eigenvalue weighted by Crippen LogP contribution is -2.18. The number of H-pyrrole nitrogens is 1. The molecule has 3 N–H and O–H groups in total. The van der Waals surface area contributed by atoms with Gasteiger partial charge in [0, 0.05) is 18.1 Å². The van der Waals surface area contributed by atoms with Crippen LogP contribution < -0.4 is 16.0 Å². The number of rotatable bonds is 4. The van der Waals surface area contributed by atoms with Crippen molar-refractivity contribution in [3.8, 4) is 5.75 Å². The van der Waals surface area contributed by atoms with Crippen LogP contribution in [0, 0.1) is 0 Å². The highest BCUT2D eigenvalue weighted by atomic mass is 16.5. The Morgan fingerprint density at radius 3 is 2.84 bits per heavy atom. The van der Waals surface area contributed by atoms with E-state index in [9.17, 15) is 4.79 Å². The Hall–Kier alpha value is -2.14. The van der Waals surface area contributed by atoms with E-state index in [0.717, 1.165) is 11.3 Å². The van der Waals surface area contributed by atoms with Crippen molar-refractivity contribution >= 4 is 0 Å². The minimum absolute atomic E-state index is 0.188. The maximum atomic E-state index is 11.6. The van der Waals surface area contributed by atoms with E-state index in [2.05, 4.69) is 9.97 Å². The highest BCUT2D eigenvalue weighted by Gasteiger charge is 2.08. The first-order chi connectivity index (χ1) is 9.10. The Balaban J connectivity index is 2.35. The Bertz CT molecular complexity index is 620. The fourth-order valence-corrected chi connectivity index (χ4v) is 1.88. The van der Waals surface area contributed by atoms with E-state index in [1.54, 1.807) is 14.0 Å². The summed E-state index contributed by atoms with van der Waals surface area (Å²) in [5.41, 5.74) is 7.22. The number of aromatic nitrogens is 2. The second kappa shape index (κ2) is 5.67. The van der Waals surface area contributed by atoms with Crippen molar-refractivity contribution in [3.05, 3.63) is 57.8 Å². The van der Waals surface area contributed by atoms with E-state index in [4.69, 9.17) is 10.5 Å². The molecule has 5 nitrogen and oxygen atoms in total. The van der Waals surface area contributed by atoms with Gasteiger partial charge in [0.2, 0.25) is 0 Å². The largest absolute Gasteiger partial charge is 0.496 e. The maximum Gasteiger partial charge on any atom is 0.251 e. The molecule has 0 aliphatic rings. The molecule has 1 atom stereocenters. The van der Waals surface area contributed by atoms with Crippen LogP contribution in [0.15, 0.2) is 35.1 Å². The van der Waals surface area contributed by atoms with Gasteiger partial charge in [-0.1, -0.05) is 18.2 Å². The number of aromatic amines is 1. The maximum absolute atomic E-state index is 11.6. The van der Waals surface area contributed by atoms with Crippen LogP contribution in [0.3, 0.4) is 0 Å². The summed E-state index contributed by atoms with van der Waals surface area (Å²) in [5.74, 6) is 1.28. The van der Waals surface area contributed by atoms with Crippen LogP contribution in [-0.2, 0) is 6.42 Å². The molecule has 1 aromatic heterocycles. The molecule has 0 saturated carbocycles. The van der Waals surface area contributed by atoms with Crippen LogP contribution in [0.1, 0.15) is 30.0 Å². The summed E-state index contributed by atoms with van der Waals surface area (Å²) >= 11 is 0. The van der Waals surface area contributed by atoms with Gasteiger partial charge in [0.1, 0.15) is 11.6 Å². The van der Waals surface area contributed by atoms with Gasteiger partial charge in [-0.15, -0.1) is 0 Å². The van der Waals surface area contributed by atoms with E-state index in [-0.39, 0.29) is 11.6 Å². The molecule has 0 aliphatic heterocycles. The fraction of sp³-hybridized carbons (Fsp3) is 0.286. The number of nitrogens with one attached hydrogen (secondary N) is 1. The topological polar surface area (TPSA) is 81.0 Å². The third-order valence-electron chi connectivity index (χ3n) is 2.81. The average molecular weight is 259 g/mol. The molecule has 100 valence electrons. The molecule has 2 rings (SSSR count). The molecule has 1 aromatic carbocycles. The first-order valence-electron chi connectivity index (χ1n) is 6.07. The van der Waals surface area contributed by atoms with Crippen LogP contribution in [0.2, 0.25) is 0 Å². The SMILES string of the molecule is COc1ccccc1Cc1cc(=O)[nH]c(C(C)N)n1. The molecule has 0 fully saturated rings. The first-order valence-corrected chi connectivity index (χ1v) is 6.07. The number of ether oxygens (including phenoxy) is 1. The van der Waals surface area contributed by atoms with Gasteiger partial charge >= 0.3 is 0 Å². The lowest BCUT2D eigenvalue weighted by Gasteiger charge is -2.09. The average Bonchev–Trinajstić information content (AvgIpc) is 2.38. The van der Waals surface area contributed by atoms with Crippen molar-refractivity contribution in [2.75, 3.05) is 7.11 Å². The van der Waals surface area contributed by atoms with E-state index >= 15 is 0 Å². The Kier molecular flexibility index (Phi) is 3.97. The van der Waals surface area contributed by atoms with Gasteiger partial charge in [0.05, 0.1) is 18.8 Å². The summed E-state index contributed by atoms with van der Waals surface area (Å²) in [6, 6.07) is 8.85. The number of hydrogen-bond acceptors (Lipinski definition) is 4. The molecule has 0 amide bonds. The van der Waals surface area contributed by atoms with Gasteiger partial charge in [-0.2, -0.15) is 0 Å². The van der Waals surface area contributed by atoms with Crippen molar-refractivity contribution in [1.82, 2.24) is 9.97 Å². The number of nitrogens with two attached hydrogens (primary N) is 1. The van der Waals surface area contributed by atoms with E-state index < -0.39 is 0 Å². The third-order valence-corrected chi connectivity index (χ3v) is 2.81. The van der Waals surface area contributed by atoms with Gasteiger partial charge in [-0.25, -0.2) is 4.98 Å². The summed E-state index contributed by atoms with van der Waals surface area (Å²) in [5, 5.41) is 0. The van der Waals surface area contributed by atoms with E-state index in [0.29, 0.717) is 17.9 Å². The quantitative estimate of drug-likeness (QED) is 0.869. The summed E-state index contributed by atoms with van der Waals surface area (Å²) in [7, 11) is 1.62. The van der Waals surface area contributed by atoms with E-state index in [1.165, 1.54) is 6.07 Å². The molecule has 0 spiro atoms. The van der Waals surface area contributed by atoms with Crippen molar-refractivity contribution in [3.63, 3.8) is 0 Å². The Morgan fingerprint density at radius 2 is 2.16 bits per heavy atom. The van der Waals surface area contributed by atoms with E-state index in [1.807, 2.05) is 24.3 Å². The number of para-hydroxylation sites is 1. The molecule has 1 heterocycles. The van der Waals surface area contributed by atoms with Crippen molar-refractivity contribution < 1.29 is 4.74 Å². The second-order valence-corrected chi connectivity index (χ2v) is 4.40. The van der Waals surface area contributed by atoms with Crippen LogP contribution in [0.4, 0.5) is 0 Å². The zero-order valence-electron chi connectivity index (χ0n) is 11.0. The summed E-state index contributed by atoms with van der Waals surface area (Å²) in [6.07, 6.45) is 0.535. The fourth-order valence-electron chi connectivity index (χ4n) is 1.88. The highest BCUT2D eigenvalue weighted by Crippen LogP contribution is 2.19. The van der Waals surface area contributed by atoms with Crippen molar-refractivity contribution in [1.29, 1.82) is 0 Å². The third kappa shape index (κ3) is 3.20. The van der Waals surface area contributed by atoms with Gasteiger partial charge in [-0.3, -0.25) is 4.79 Å². The molecular formula is C14H17N3O2. The van der Waals surface area contributed by atoms with Gasteiger partial charge in [0.25, 0.3) is 5.56 Å². The molecular weight excluding hydrogens is 242 g/mol. The Morgan fingerprint density at radius 1 is 1.42 bits per heavy atom. The molecule has 0 saturated heterocycles. The minimum Gasteiger partial charge on any atom is -0.496 e. The number of nitrogens with zero attached hydrogens (tertiary/aromatic N) is 1. The molecule has 0 aliphatic carbocycles. The molecule has 2 aromatic rings. The summed E-state index contributed by atoms with van der Waals surface area (Å²) < 4.78 is 5.29.